The van der Waals surface area contributed by atoms with Crippen LogP contribution < -0.4 is 4.90 Å². The first-order chi connectivity index (χ1) is 10.4. The van der Waals surface area contributed by atoms with E-state index in [1.165, 1.54) is 0 Å². The maximum Gasteiger partial charge on any atom is 0.410 e. The Balaban J connectivity index is 1.69. The quantitative estimate of drug-likeness (QED) is 0.793. The summed E-state index contributed by atoms with van der Waals surface area (Å²) in [5.74, 6) is 1.14. The van der Waals surface area contributed by atoms with Crippen molar-refractivity contribution in [1.29, 1.82) is 5.26 Å². The Labute approximate surface area is 130 Å². The van der Waals surface area contributed by atoms with Crippen molar-refractivity contribution >= 4 is 11.9 Å². The highest BCUT2D eigenvalue weighted by atomic mass is 16.6. The normalized spacial score (nSPS) is 23.5. The third-order valence-corrected chi connectivity index (χ3v) is 4.07. The number of carbonyl (C=O) groups is 1. The predicted octanol–water partition coefficient (Wildman–Crippen LogP) is 2.01. The maximum absolute atomic E-state index is 12.2. The van der Waals surface area contributed by atoms with Crippen molar-refractivity contribution < 1.29 is 9.53 Å². The van der Waals surface area contributed by atoms with Gasteiger partial charge < -0.3 is 14.5 Å². The minimum absolute atomic E-state index is 0.156. The van der Waals surface area contributed by atoms with Gasteiger partial charge in [0.05, 0.1) is 11.6 Å². The molecule has 2 atom stereocenters. The fourth-order valence-electron chi connectivity index (χ4n) is 3.08. The number of fused-ring (bicyclic) bond motifs is 1. The van der Waals surface area contributed by atoms with E-state index in [4.69, 9.17) is 4.74 Å². The maximum atomic E-state index is 12.2. The van der Waals surface area contributed by atoms with E-state index in [9.17, 15) is 10.1 Å². The van der Waals surface area contributed by atoms with Crippen LogP contribution in [-0.4, -0.2) is 47.3 Å². The lowest BCUT2D eigenvalue weighted by Crippen LogP contribution is -2.59. The number of anilines is 1. The minimum atomic E-state index is -0.477. The van der Waals surface area contributed by atoms with Crippen LogP contribution in [0.15, 0.2) is 18.3 Å². The van der Waals surface area contributed by atoms with Crippen molar-refractivity contribution in [2.75, 3.05) is 24.5 Å². The van der Waals surface area contributed by atoms with Crippen molar-refractivity contribution in [3.05, 3.63) is 23.9 Å². The molecule has 0 radical (unpaired) electrons. The zero-order valence-electron chi connectivity index (χ0n) is 13.1. The van der Waals surface area contributed by atoms with E-state index in [2.05, 4.69) is 16.0 Å². The topological polar surface area (TPSA) is 69.5 Å². The molecule has 2 unspecified atom stereocenters. The standard InChI is InChI=1S/C16H20N4O2/c1-16(2,3)22-15(21)20-9-12-8-19(10-13(12)20)14-11(7-17)5-4-6-18-14/h4-6,12-13H,8-10H2,1-3H3. The summed E-state index contributed by atoms with van der Waals surface area (Å²) >= 11 is 0. The van der Waals surface area contributed by atoms with Gasteiger partial charge in [0.25, 0.3) is 0 Å². The Kier molecular flexibility index (Phi) is 3.44. The summed E-state index contributed by atoms with van der Waals surface area (Å²) < 4.78 is 5.44. The summed E-state index contributed by atoms with van der Waals surface area (Å²) in [4.78, 5) is 20.4. The Morgan fingerprint density at radius 3 is 2.86 bits per heavy atom. The molecule has 2 saturated heterocycles. The van der Waals surface area contributed by atoms with Crippen molar-refractivity contribution in [3.63, 3.8) is 0 Å². The summed E-state index contributed by atoms with van der Waals surface area (Å²) in [5.41, 5.74) is 0.0997. The number of hydrogen-bond acceptors (Lipinski definition) is 5. The third-order valence-electron chi connectivity index (χ3n) is 4.07. The summed E-state index contributed by atoms with van der Waals surface area (Å²) in [5, 5.41) is 9.19. The molecule has 6 heteroatoms. The summed E-state index contributed by atoms with van der Waals surface area (Å²) in [6.45, 7) is 7.86. The Bertz CT molecular complexity index is 632. The van der Waals surface area contributed by atoms with Gasteiger partial charge in [-0.15, -0.1) is 0 Å². The molecule has 0 aromatic carbocycles. The predicted molar refractivity (Wildman–Crippen MR) is 81.4 cm³/mol. The van der Waals surface area contributed by atoms with Gasteiger partial charge in [0, 0.05) is 31.7 Å². The second kappa shape index (κ2) is 5.16. The van der Waals surface area contributed by atoms with Gasteiger partial charge in [-0.05, 0) is 32.9 Å². The minimum Gasteiger partial charge on any atom is -0.444 e. The van der Waals surface area contributed by atoms with Crippen LogP contribution in [-0.2, 0) is 4.74 Å². The van der Waals surface area contributed by atoms with Gasteiger partial charge >= 0.3 is 6.09 Å². The SMILES string of the molecule is CC(C)(C)OC(=O)N1CC2CN(c3ncccc3C#N)CC21. The first-order valence-electron chi connectivity index (χ1n) is 7.49. The number of aromatic nitrogens is 1. The molecule has 3 rings (SSSR count). The molecular formula is C16H20N4O2. The van der Waals surface area contributed by atoms with Crippen LogP contribution in [0.2, 0.25) is 0 Å². The largest absolute Gasteiger partial charge is 0.444 e. The smallest absolute Gasteiger partial charge is 0.410 e. The molecule has 2 fully saturated rings. The van der Waals surface area contributed by atoms with E-state index in [-0.39, 0.29) is 12.1 Å². The fourth-order valence-corrected chi connectivity index (χ4v) is 3.08. The van der Waals surface area contributed by atoms with Crippen molar-refractivity contribution in [2.24, 2.45) is 5.92 Å². The van der Waals surface area contributed by atoms with Gasteiger partial charge in [-0.25, -0.2) is 9.78 Å². The Hall–Kier alpha value is -2.29. The molecule has 0 bridgehead atoms. The number of rotatable bonds is 1. The number of carbonyl (C=O) groups excluding carboxylic acids is 1. The molecular weight excluding hydrogens is 280 g/mol. The summed E-state index contributed by atoms with van der Waals surface area (Å²) in [6, 6.07) is 5.87. The molecule has 116 valence electrons. The molecule has 1 aromatic rings. The van der Waals surface area contributed by atoms with E-state index >= 15 is 0 Å². The first-order valence-corrected chi connectivity index (χ1v) is 7.49. The van der Waals surface area contributed by atoms with Gasteiger partial charge in [0.2, 0.25) is 0 Å². The highest BCUT2D eigenvalue weighted by Gasteiger charge is 2.49. The van der Waals surface area contributed by atoms with Crippen molar-refractivity contribution in [3.8, 4) is 6.07 Å². The monoisotopic (exact) mass is 300 g/mol. The van der Waals surface area contributed by atoms with Crippen LogP contribution in [0.3, 0.4) is 0 Å². The van der Waals surface area contributed by atoms with Gasteiger partial charge in [0.1, 0.15) is 17.5 Å². The molecule has 2 aliphatic rings. The van der Waals surface area contributed by atoms with E-state index in [1.807, 2.05) is 20.8 Å². The highest BCUT2D eigenvalue weighted by molar-refractivity contribution is 5.70. The van der Waals surface area contributed by atoms with Crippen LogP contribution in [0.4, 0.5) is 10.6 Å². The lowest BCUT2D eigenvalue weighted by molar-refractivity contribution is -0.0163. The second-order valence-corrected chi connectivity index (χ2v) is 6.85. The number of nitrogens with zero attached hydrogens (tertiary/aromatic N) is 4. The zero-order chi connectivity index (χ0) is 15.9. The lowest BCUT2D eigenvalue weighted by Gasteiger charge is -2.43. The van der Waals surface area contributed by atoms with Crippen LogP contribution in [0, 0.1) is 17.2 Å². The number of likely N-dealkylation sites (tertiary alicyclic amines) is 1. The lowest BCUT2D eigenvalue weighted by atomic mass is 9.93. The molecule has 1 amide bonds. The van der Waals surface area contributed by atoms with E-state index < -0.39 is 5.60 Å². The molecule has 6 nitrogen and oxygen atoms in total. The third kappa shape index (κ3) is 2.59. The van der Waals surface area contributed by atoms with Crippen LogP contribution >= 0.6 is 0 Å². The zero-order valence-corrected chi connectivity index (χ0v) is 13.1. The molecule has 0 spiro atoms. The van der Waals surface area contributed by atoms with Gasteiger partial charge in [-0.3, -0.25) is 0 Å². The van der Waals surface area contributed by atoms with Gasteiger partial charge in [-0.1, -0.05) is 0 Å². The summed E-state index contributed by atoms with van der Waals surface area (Å²) in [7, 11) is 0. The molecule has 22 heavy (non-hydrogen) atoms. The van der Waals surface area contributed by atoms with Crippen LogP contribution in [0.1, 0.15) is 26.3 Å². The van der Waals surface area contributed by atoms with E-state index in [1.54, 1.807) is 23.2 Å². The van der Waals surface area contributed by atoms with Gasteiger partial charge in [0.15, 0.2) is 0 Å². The summed E-state index contributed by atoms with van der Waals surface area (Å²) in [6.07, 6.45) is 1.44. The Morgan fingerprint density at radius 1 is 1.41 bits per heavy atom. The number of nitriles is 1. The number of hydrogen-bond donors (Lipinski definition) is 0. The van der Waals surface area contributed by atoms with Crippen LogP contribution in [0.25, 0.3) is 0 Å². The average molecular weight is 300 g/mol. The highest BCUT2D eigenvalue weighted by Crippen LogP contribution is 2.36. The van der Waals surface area contributed by atoms with E-state index in [0.717, 1.165) is 6.54 Å². The molecule has 0 N–H and O–H groups in total. The van der Waals surface area contributed by atoms with Gasteiger partial charge in [-0.2, -0.15) is 5.26 Å². The molecule has 1 aromatic heterocycles. The number of amides is 1. The number of pyridine rings is 1. The Morgan fingerprint density at radius 2 is 2.18 bits per heavy atom. The molecule has 0 saturated carbocycles. The second-order valence-electron chi connectivity index (χ2n) is 6.85. The first kappa shape index (κ1) is 14.6. The van der Waals surface area contributed by atoms with E-state index in [0.29, 0.717) is 30.4 Å². The van der Waals surface area contributed by atoms with Crippen LogP contribution in [0.5, 0.6) is 0 Å². The van der Waals surface area contributed by atoms with Crippen molar-refractivity contribution in [2.45, 2.75) is 32.4 Å². The molecule has 0 aliphatic carbocycles. The molecule has 3 heterocycles. The van der Waals surface area contributed by atoms with Crippen molar-refractivity contribution in [1.82, 2.24) is 9.88 Å². The fraction of sp³-hybridized carbons (Fsp3) is 0.562. The number of ether oxygens (including phenoxy) is 1. The average Bonchev–Trinajstić information content (AvgIpc) is 2.74. The molecule has 2 aliphatic heterocycles.